The van der Waals surface area contributed by atoms with E-state index in [1.54, 1.807) is 0 Å². The molecule has 0 aromatic carbocycles. The van der Waals surface area contributed by atoms with Crippen LogP contribution in [0.2, 0.25) is 0 Å². The number of nitrogens with zero attached hydrogens (tertiary/aromatic N) is 1. The molecule has 0 heterocycles. The molecule has 0 unspecified atom stereocenters. The predicted octanol–water partition coefficient (Wildman–Crippen LogP) is 3.00. The summed E-state index contributed by atoms with van der Waals surface area (Å²) in [5.41, 5.74) is 1.54. The molecule has 0 aromatic rings. The van der Waals surface area contributed by atoms with E-state index in [1.807, 2.05) is 0 Å². The molecule has 1 aliphatic rings. The van der Waals surface area contributed by atoms with Gasteiger partial charge in [0.2, 0.25) is 0 Å². The lowest BCUT2D eigenvalue weighted by molar-refractivity contribution is 0.306. The van der Waals surface area contributed by atoms with Crippen LogP contribution in [0.1, 0.15) is 52.9 Å². The van der Waals surface area contributed by atoms with Crippen LogP contribution in [0.3, 0.4) is 0 Å². The van der Waals surface area contributed by atoms with E-state index in [0.29, 0.717) is 5.92 Å². The standard InChI is InChI=1S/C12H23NO/c1-12(2,3)8-11(13-9-14)10-6-4-5-7-10/h10,14H,4-9H2,1-3H3. The zero-order chi connectivity index (χ0) is 10.6. The van der Waals surface area contributed by atoms with Gasteiger partial charge in [0.05, 0.1) is 0 Å². The Morgan fingerprint density at radius 2 is 1.86 bits per heavy atom. The number of aliphatic hydroxyl groups excluding tert-OH is 1. The quantitative estimate of drug-likeness (QED) is 0.693. The highest BCUT2D eigenvalue weighted by atomic mass is 16.3. The number of hydrogen-bond acceptors (Lipinski definition) is 2. The van der Waals surface area contributed by atoms with Crippen LogP contribution in [-0.2, 0) is 0 Å². The first-order chi connectivity index (χ1) is 6.53. The average Bonchev–Trinajstić information content (AvgIpc) is 2.52. The fourth-order valence-corrected chi connectivity index (χ4v) is 2.22. The van der Waals surface area contributed by atoms with E-state index in [9.17, 15) is 0 Å². The highest BCUT2D eigenvalue weighted by Crippen LogP contribution is 2.31. The van der Waals surface area contributed by atoms with E-state index in [0.717, 1.165) is 6.42 Å². The molecule has 0 saturated heterocycles. The zero-order valence-corrected chi connectivity index (χ0v) is 9.71. The Labute approximate surface area is 87.4 Å². The van der Waals surface area contributed by atoms with Crippen LogP contribution < -0.4 is 0 Å². The number of hydrogen-bond donors (Lipinski definition) is 1. The molecule has 0 spiro atoms. The first-order valence-corrected chi connectivity index (χ1v) is 5.67. The minimum absolute atomic E-state index is 0.0398. The van der Waals surface area contributed by atoms with Crippen molar-refractivity contribution in [2.75, 3.05) is 6.73 Å². The van der Waals surface area contributed by atoms with Gasteiger partial charge in [0.25, 0.3) is 0 Å². The van der Waals surface area contributed by atoms with Crippen LogP contribution in [0.5, 0.6) is 0 Å². The highest BCUT2D eigenvalue weighted by molar-refractivity contribution is 5.87. The van der Waals surface area contributed by atoms with E-state index in [2.05, 4.69) is 25.8 Å². The molecule has 2 nitrogen and oxygen atoms in total. The summed E-state index contributed by atoms with van der Waals surface area (Å²) in [4.78, 5) is 4.26. The average molecular weight is 197 g/mol. The second kappa shape index (κ2) is 4.92. The molecule has 1 fully saturated rings. The monoisotopic (exact) mass is 197 g/mol. The first kappa shape index (κ1) is 11.7. The fourth-order valence-electron chi connectivity index (χ4n) is 2.22. The Morgan fingerprint density at radius 3 is 2.29 bits per heavy atom. The molecular formula is C12H23NO. The predicted molar refractivity (Wildman–Crippen MR) is 60.6 cm³/mol. The third-order valence-corrected chi connectivity index (χ3v) is 2.81. The van der Waals surface area contributed by atoms with Crippen molar-refractivity contribution in [1.82, 2.24) is 0 Å². The molecular weight excluding hydrogens is 174 g/mol. The summed E-state index contributed by atoms with van der Waals surface area (Å²) in [5, 5.41) is 8.91. The van der Waals surface area contributed by atoms with Gasteiger partial charge >= 0.3 is 0 Å². The van der Waals surface area contributed by atoms with Gasteiger partial charge in [-0.1, -0.05) is 33.6 Å². The second-order valence-corrected chi connectivity index (χ2v) is 5.51. The minimum Gasteiger partial charge on any atom is -0.375 e. The Balaban J connectivity index is 2.59. The topological polar surface area (TPSA) is 32.6 Å². The summed E-state index contributed by atoms with van der Waals surface area (Å²) < 4.78 is 0. The van der Waals surface area contributed by atoms with Crippen molar-refractivity contribution in [1.29, 1.82) is 0 Å². The van der Waals surface area contributed by atoms with E-state index in [-0.39, 0.29) is 12.1 Å². The van der Waals surface area contributed by atoms with Gasteiger partial charge in [-0.3, -0.25) is 4.99 Å². The van der Waals surface area contributed by atoms with Crippen LogP contribution in [-0.4, -0.2) is 17.5 Å². The number of rotatable bonds is 3. The zero-order valence-electron chi connectivity index (χ0n) is 9.71. The Morgan fingerprint density at radius 1 is 1.29 bits per heavy atom. The number of aliphatic hydroxyl groups is 1. The molecule has 0 aromatic heterocycles. The lowest BCUT2D eigenvalue weighted by Crippen LogP contribution is -2.20. The summed E-state index contributed by atoms with van der Waals surface area (Å²) in [6.45, 7) is 6.65. The van der Waals surface area contributed by atoms with Crippen molar-refractivity contribution in [2.24, 2.45) is 16.3 Å². The van der Waals surface area contributed by atoms with Gasteiger partial charge in [0.1, 0.15) is 6.73 Å². The largest absolute Gasteiger partial charge is 0.375 e. The van der Waals surface area contributed by atoms with Crippen molar-refractivity contribution in [3.63, 3.8) is 0 Å². The molecule has 2 heteroatoms. The summed E-state index contributed by atoms with van der Waals surface area (Å²) in [6.07, 6.45) is 6.24. The van der Waals surface area contributed by atoms with Crippen molar-refractivity contribution in [3.05, 3.63) is 0 Å². The summed E-state index contributed by atoms with van der Waals surface area (Å²) in [5.74, 6) is 0.654. The van der Waals surface area contributed by atoms with E-state index in [1.165, 1.54) is 31.4 Å². The molecule has 0 radical (unpaired) electrons. The number of aliphatic imine (C=N–C) groups is 1. The first-order valence-electron chi connectivity index (χ1n) is 5.67. The smallest absolute Gasteiger partial charge is 0.134 e. The van der Waals surface area contributed by atoms with E-state index in [4.69, 9.17) is 5.11 Å². The van der Waals surface area contributed by atoms with Gasteiger partial charge in [0.15, 0.2) is 0 Å². The molecule has 0 aliphatic heterocycles. The Kier molecular flexibility index (Phi) is 4.11. The van der Waals surface area contributed by atoms with Crippen molar-refractivity contribution in [3.8, 4) is 0 Å². The van der Waals surface area contributed by atoms with Crippen LogP contribution in [0.15, 0.2) is 4.99 Å². The fraction of sp³-hybridized carbons (Fsp3) is 0.917. The molecule has 0 atom stereocenters. The molecule has 1 saturated carbocycles. The van der Waals surface area contributed by atoms with Crippen LogP contribution in [0.25, 0.3) is 0 Å². The molecule has 1 aliphatic carbocycles. The lowest BCUT2D eigenvalue weighted by atomic mass is 9.84. The molecule has 1 rings (SSSR count). The minimum atomic E-state index is -0.0398. The van der Waals surface area contributed by atoms with Gasteiger partial charge in [-0.25, -0.2) is 0 Å². The van der Waals surface area contributed by atoms with Gasteiger partial charge in [-0.15, -0.1) is 0 Å². The van der Waals surface area contributed by atoms with Crippen molar-refractivity contribution in [2.45, 2.75) is 52.9 Å². The molecule has 1 N–H and O–H groups in total. The van der Waals surface area contributed by atoms with Gasteiger partial charge in [0, 0.05) is 5.71 Å². The molecule has 82 valence electrons. The summed E-state index contributed by atoms with van der Waals surface area (Å²) in [6, 6.07) is 0. The maximum Gasteiger partial charge on any atom is 0.134 e. The van der Waals surface area contributed by atoms with Crippen molar-refractivity contribution >= 4 is 5.71 Å². The van der Waals surface area contributed by atoms with E-state index >= 15 is 0 Å². The third-order valence-electron chi connectivity index (χ3n) is 2.81. The van der Waals surface area contributed by atoms with Crippen LogP contribution >= 0.6 is 0 Å². The van der Waals surface area contributed by atoms with Crippen LogP contribution in [0, 0.1) is 11.3 Å². The summed E-state index contributed by atoms with van der Waals surface area (Å²) >= 11 is 0. The SMILES string of the molecule is CC(C)(C)CC(=NCO)C1CCCC1. The third kappa shape index (κ3) is 3.79. The highest BCUT2D eigenvalue weighted by Gasteiger charge is 2.24. The normalized spacial score (nSPS) is 20.4. The Bertz CT molecular complexity index is 197. The van der Waals surface area contributed by atoms with Gasteiger partial charge < -0.3 is 5.11 Å². The van der Waals surface area contributed by atoms with Gasteiger partial charge in [-0.05, 0) is 30.6 Å². The maximum absolute atomic E-state index is 8.91. The van der Waals surface area contributed by atoms with Crippen LogP contribution in [0.4, 0.5) is 0 Å². The summed E-state index contributed by atoms with van der Waals surface area (Å²) in [7, 11) is 0. The van der Waals surface area contributed by atoms with Crippen molar-refractivity contribution < 1.29 is 5.11 Å². The molecule has 14 heavy (non-hydrogen) atoms. The lowest BCUT2D eigenvalue weighted by Gasteiger charge is -2.22. The second-order valence-electron chi connectivity index (χ2n) is 5.51. The molecule has 0 bridgehead atoms. The Hall–Kier alpha value is -0.370. The van der Waals surface area contributed by atoms with E-state index < -0.39 is 0 Å². The maximum atomic E-state index is 8.91. The molecule has 0 amide bonds. The van der Waals surface area contributed by atoms with Gasteiger partial charge in [-0.2, -0.15) is 0 Å².